The first-order valence-corrected chi connectivity index (χ1v) is 12.1. The molecule has 9 nitrogen and oxygen atoms in total. The molecular formula is C24H27N3O6S. The average molecular weight is 486 g/mol. The van der Waals surface area contributed by atoms with Crippen LogP contribution in [0.1, 0.15) is 24.8 Å². The van der Waals surface area contributed by atoms with Crippen molar-refractivity contribution in [2.75, 3.05) is 39.7 Å². The Hall–Kier alpha value is -3.55. The van der Waals surface area contributed by atoms with Crippen LogP contribution in [-0.4, -0.2) is 53.0 Å². The number of piperidine rings is 1. The second-order valence-electron chi connectivity index (χ2n) is 7.57. The minimum Gasteiger partial charge on any atom is -0.496 e. The van der Waals surface area contributed by atoms with Gasteiger partial charge in [-0.2, -0.15) is 9.57 Å². The normalized spacial score (nSPS) is 14.7. The van der Waals surface area contributed by atoms with Gasteiger partial charge in [0.1, 0.15) is 17.4 Å². The zero-order chi connectivity index (χ0) is 24.7. The molecule has 1 aliphatic heterocycles. The summed E-state index contributed by atoms with van der Waals surface area (Å²) in [5.74, 6) is 0.536. The number of amides is 1. The number of benzene rings is 2. The number of sulfonamides is 1. The summed E-state index contributed by atoms with van der Waals surface area (Å²) in [4.78, 5) is 12.9. The summed E-state index contributed by atoms with van der Waals surface area (Å²) in [5.41, 5.74) is 0.506. The number of rotatable bonds is 8. The number of ether oxygens (including phenoxy) is 3. The fourth-order valence-corrected chi connectivity index (χ4v) is 5.22. The highest BCUT2D eigenvalue weighted by Gasteiger charge is 2.26. The van der Waals surface area contributed by atoms with Crippen LogP contribution in [-0.2, 0) is 14.8 Å². The number of anilines is 1. The van der Waals surface area contributed by atoms with Gasteiger partial charge in [-0.15, -0.1) is 0 Å². The van der Waals surface area contributed by atoms with Crippen molar-refractivity contribution >= 4 is 27.7 Å². The van der Waals surface area contributed by atoms with E-state index in [4.69, 9.17) is 14.2 Å². The van der Waals surface area contributed by atoms with Crippen LogP contribution in [0.5, 0.6) is 17.2 Å². The Kier molecular flexibility index (Phi) is 8.15. The summed E-state index contributed by atoms with van der Waals surface area (Å²) in [6.45, 7) is 0.959. The van der Waals surface area contributed by atoms with Gasteiger partial charge in [-0.25, -0.2) is 8.42 Å². The van der Waals surface area contributed by atoms with Crippen LogP contribution < -0.4 is 19.5 Å². The van der Waals surface area contributed by atoms with Crippen LogP contribution in [0, 0.1) is 11.3 Å². The molecule has 1 saturated heterocycles. The number of carbonyl (C=O) groups is 1. The highest BCUT2D eigenvalue weighted by atomic mass is 32.2. The quantitative estimate of drug-likeness (QED) is 0.449. The smallest absolute Gasteiger partial charge is 0.266 e. The van der Waals surface area contributed by atoms with Gasteiger partial charge < -0.3 is 19.5 Å². The highest BCUT2D eigenvalue weighted by molar-refractivity contribution is 7.89. The number of hydrogen-bond acceptors (Lipinski definition) is 7. The first kappa shape index (κ1) is 25.1. The summed E-state index contributed by atoms with van der Waals surface area (Å²) in [7, 11) is 0.759. The summed E-state index contributed by atoms with van der Waals surface area (Å²) < 4.78 is 43.3. The molecule has 1 amide bonds. The first-order valence-electron chi connectivity index (χ1n) is 10.7. The molecule has 0 atom stereocenters. The molecule has 0 radical (unpaired) electrons. The standard InChI is InChI=1S/C24H27N3O6S/c1-31-21-15-23(33-3)22(32-2)13-17(21)12-18(16-25)24(28)26-19-8-7-9-20(14-19)34(29,30)27-10-5-4-6-11-27/h7-9,12-15H,4-6,10-11H2,1-3H3,(H,26,28)/b18-12+. The van der Waals surface area contributed by atoms with Gasteiger partial charge >= 0.3 is 0 Å². The van der Waals surface area contributed by atoms with Crippen molar-refractivity contribution in [1.29, 1.82) is 5.26 Å². The van der Waals surface area contributed by atoms with Crippen molar-refractivity contribution < 1.29 is 27.4 Å². The van der Waals surface area contributed by atoms with Crippen molar-refractivity contribution in [1.82, 2.24) is 4.31 Å². The van der Waals surface area contributed by atoms with Crippen LogP contribution >= 0.6 is 0 Å². The Bertz CT molecular complexity index is 1230. The molecule has 0 saturated carbocycles. The molecule has 1 aliphatic rings. The van der Waals surface area contributed by atoms with Gasteiger partial charge in [-0.1, -0.05) is 12.5 Å². The molecule has 2 aromatic carbocycles. The number of nitrogens with zero attached hydrogens (tertiary/aromatic N) is 2. The maximum Gasteiger partial charge on any atom is 0.266 e. The maximum absolute atomic E-state index is 13.0. The number of nitriles is 1. The van der Waals surface area contributed by atoms with Crippen molar-refractivity contribution in [3.05, 3.63) is 47.5 Å². The predicted octanol–water partition coefficient (Wildman–Crippen LogP) is 3.43. The Labute approximate surface area is 199 Å². The lowest BCUT2D eigenvalue weighted by atomic mass is 10.1. The Morgan fingerprint density at radius 2 is 1.65 bits per heavy atom. The largest absolute Gasteiger partial charge is 0.496 e. The molecule has 34 heavy (non-hydrogen) atoms. The van der Waals surface area contributed by atoms with Gasteiger partial charge in [0.05, 0.1) is 26.2 Å². The van der Waals surface area contributed by atoms with E-state index in [1.165, 1.54) is 43.8 Å². The summed E-state index contributed by atoms with van der Waals surface area (Å²) in [6.07, 6.45) is 4.03. The lowest BCUT2D eigenvalue weighted by Gasteiger charge is -2.26. The molecule has 1 heterocycles. The van der Waals surface area contributed by atoms with E-state index in [0.29, 0.717) is 35.9 Å². The van der Waals surface area contributed by atoms with Crippen LogP contribution in [0.15, 0.2) is 46.9 Å². The van der Waals surface area contributed by atoms with E-state index < -0.39 is 15.9 Å². The molecule has 3 rings (SSSR count). The van der Waals surface area contributed by atoms with Crippen LogP contribution in [0.2, 0.25) is 0 Å². The first-order chi connectivity index (χ1) is 16.3. The Morgan fingerprint density at radius 1 is 1.00 bits per heavy atom. The molecule has 0 aliphatic carbocycles. The molecule has 0 aromatic heterocycles. The minimum atomic E-state index is -3.66. The van der Waals surface area contributed by atoms with E-state index in [9.17, 15) is 18.5 Å². The van der Waals surface area contributed by atoms with E-state index >= 15 is 0 Å². The lowest BCUT2D eigenvalue weighted by molar-refractivity contribution is -0.112. The van der Waals surface area contributed by atoms with Crippen LogP contribution in [0.3, 0.4) is 0 Å². The number of hydrogen-bond donors (Lipinski definition) is 1. The second-order valence-corrected chi connectivity index (χ2v) is 9.50. The average Bonchev–Trinajstić information content (AvgIpc) is 2.87. The van der Waals surface area contributed by atoms with Crippen molar-refractivity contribution in [3.63, 3.8) is 0 Å². The molecule has 10 heteroatoms. The van der Waals surface area contributed by atoms with E-state index in [2.05, 4.69) is 5.32 Å². The van der Waals surface area contributed by atoms with Crippen LogP contribution in [0.4, 0.5) is 5.69 Å². The summed E-state index contributed by atoms with van der Waals surface area (Å²) in [5, 5.41) is 12.2. The van der Waals surface area contributed by atoms with Crippen molar-refractivity contribution in [2.24, 2.45) is 0 Å². The fourth-order valence-electron chi connectivity index (χ4n) is 3.66. The molecule has 0 bridgehead atoms. The zero-order valence-electron chi connectivity index (χ0n) is 19.3. The van der Waals surface area contributed by atoms with Crippen LogP contribution in [0.25, 0.3) is 6.08 Å². The van der Waals surface area contributed by atoms with Gasteiger partial charge in [0.15, 0.2) is 11.5 Å². The van der Waals surface area contributed by atoms with Gasteiger partial charge in [0, 0.05) is 30.4 Å². The van der Waals surface area contributed by atoms with E-state index in [1.54, 1.807) is 24.3 Å². The summed E-state index contributed by atoms with van der Waals surface area (Å²) >= 11 is 0. The number of carbonyl (C=O) groups excluding carboxylic acids is 1. The molecular weight excluding hydrogens is 458 g/mol. The molecule has 1 N–H and O–H groups in total. The maximum atomic E-state index is 13.0. The van der Waals surface area contributed by atoms with E-state index in [-0.39, 0.29) is 16.2 Å². The lowest BCUT2D eigenvalue weighted by Crippen LogP contribution is -2.35. The SMILES string of the molecule is COc1cc(OC)c(OC)cc1/C=C(\C#N)C(=O)Nc1cccc(S(=O)(=O)N2CCCCC2)c1. The second kappa shape index (κ2) is 11.0. The monoisotopic (exact) mass is 485 g/mol. The van der Waals surface area contributed by atoms with E-state index in [1.807, 2.05) is 6.07 Å². The molecule has 1 fully saturated rings. The molecule has 0 unspecified atom stereocenters. The minimum absolute atomic E-state index is 0.0937. The highest BCUT2D eigenvalue weighted by Crippen LogP contribution is 2.35. The molecule has 2 aromatic rings. The topological polar surface area (TPSA) is 118 Å². The van der Waals surface area contributed by atoms with E-state index in [0.717, 1.165) is 19.3 Å². The number of nitrogens with one attached hydrogen (secondary N) is 1. The van der Waals surface area contributed by atoms with Gasteiger partial charge in [-0.05, 0) is 43.2 Å². The third kappa shape index (κ3) is 5.50. The van der Waals surface area contributed by atoms with Gasteiger partial charge in [0.25, 0.3) is 5.91 Å². The fraction of sp³-hybridized carbons (Fsp3) is 0.333. The zero-order valence-corrected chi connectivity index (χ0v) is 20.1. The number of methoxy groups -OCH3 is 3. The van der Waals surface area contributed by atoms with Gasteiger partial charge in [0.2, 0.25) is 10.0 Å². The summed E-state index contributed by atoms with van der Waals surface area (Å²) in [6, 6.07) is 11.1. The Balaban J connectivity index is 1.87. The third-order valence-electron chi connectivity index (χ3n) is 5.45. The predicted molar refractivity (Wildman–Crippen MR) is 127 cm³/mol. The molecule has 0 spiro atoms. The van der Waals surface area contributed by atoms with Gasteiger partial charge in [-0.3, -0.25) is 4.79 Å². The van der Waals surface area contributed by atoms with Crippen molar-refractivity contribution in [2.45, 2.75) is 24.2 Å². The van der Waals surface area contributed by atoms with Crippen molar-refractivity contribution in [3.8, 4) is 23.3 Å². The molecule has 180 valence electrons. The third-order valence-corrected chi connectivity index (χ3v) is 7.34. The Morgan fingerprint density at radius 3 is 2.26 bits per heavy atom.